The van der Waals surface area contributed by atoms with Crippen molar-refractivity contribution in [3.63, 3.8) is 0 Å². The largest absolute Gasteiger partial charge is 0.442 e. The summed E-state index contributed by atoms with van der Waals surface area (Å²) in [4.78, 5) is 24.4. The van der Waals surface area contributed by atoms with Gasteiger partial charge >= 0.3 is 12.3 Å². The Morgan fingerprint density at radius 3 is 2.56 bits per heavy atom. The number of ether oxygens (including phenoxy) is 1. The standard InChI is InChI=1S/C22H22F4N2O3S/c1-14(29)27-11-18-12-28(21(30)31-18)17-6-7-19(20(23)10-17)16-4-2-15(3-5-16)13-32-9-8-22(24,25)26/h2-7,10,18H,8-9,11-13H2,1H3,(H,27,29)/t18-/m0/s1. The van der Waals surface area contributed by atoms with Crippen LogP contribution in [0, 0.1) is 5.82 Å². The zero-order chi connectivity index (χ0) is 23.3. The molecule has 1 heterocycles. The van der Waals surface area contributed by atoms with Gasteiger partial charge in [-0.1, -0.05) is 24.3 Å². The summed E-state index contributed by atoms with van der Waals surface area (Å²) in [6.45, 7) is 1.74. The number of thioether (sulfide) groups is 1. The molecule has 1 fully saturated rings. The molecule has 2 amide bonds. The Hall–Kier alpha value is -2.75. The lowest BCUT2D eigenvalue weighted by molar-refractivity contribution is -0.129. The average molecular weight is 470 g/mol. The van der Waals surface area contributed by atoms with Crippen molar-refractivity contribution in [2.75, 3.05) is 23.7 Å². The van der Waals surface area contributed by atoms with Crippen LogP contribution in [0.1, 0.15) is 18.9 Å². The number of carbonyl (C=O) groups excluding carboxylic acids is 2. The predicted octanol–water partition coefficient (Wildman–Crippen LogP) is 5.14. The molecule has 0 aromatic heterocycles. The summed E-state index contributed by atoms with van der Waals surface area (Å²) in [5.41, 5.74) is 2.15. The molecular formula is C22H22F4N2O3S. The van der Waals surface area contributed by atoms with Gasteiger partial charge in [0.1, 0.15) is 11.9 Å². The second-order valence-electron chi connectivity index (χ2n) is 7.33. The fraction of sp³-hybridized carbons (Fsp3) is 0.364. The van der Waals surface area contributed by atoms with Crippen LogP contribution in [0.25, 0.3) is 11.1 Å². The van der Waals surface area contributed by atoms with Crippen molar-refractivity contribution < 1.29 is 31.9 Å². The molecule has 0 bridgehead atoms. The Morgan fingerprint density at radius 1 is 1.22 bits per heavy atom. The average Bonchev–Trinajstić information content (AvgIpc) is 3.10. The van der Waals surface area contributed by atoms with Crippen molar-refractivity contribution >= 4 is 29.4 Å². The highest BCUT2D eigenvalue weighted by Gasteiger charge is 2.32. The molecule has 0 aliphatic carbocycles. The number of nitrogens with one attached hydrogen (secondary N) is 1. The van der Waals surface area contributed by atoms with Crippen molar-refractivity contribution in [2.24, 2.45) is 0 Å². The number of benzene rings is 2. The van der Waals surface area contributed by atoms with E-state index in [9.17, 15) is 27.2 Å². The smallest absolute Gasteiger partial charge is 0.414 e. The summed E-state index contributed by atoms with van der Waals surface area (Å²) < 4.78 is 56.6. The van der Waals surface area contributed by atoms with Gasteiger partial charge in [0, 0.05) is 24.0 Å². The van der Waals surface area contributed by atoms with Crippen molar-refractivity contribution in [2.45, 2.75) is 31.4 Å². The molecule has 0 radical (unpaired) electrons. The Kier molecular flexibility index (Phi) is 7.65. The van der Waals surface area contributed by atoms with Gasteiger partial charge in [-0.25, -0.2) is 9.18 Å². The van der Waals surface area contributed by atoms with Gasteiger partial charge in [-0.2, -0.15) is 24.9 Å². The lowest BCUT2D eigenvalue weighted by atomic mass is 10.0. The van der Waals surface area contributed by atoms with Crippen LogP contribution in [0.5, 0.6) is 0 Å². The number of cyclic esters (lactones) is 1. The molecule has 0 saturated carbocycles. The van der Waals surface area contributed by atoms with Crippen LogP contribution >= 0.6 is 11.8 Å². The van der Waals surface area contributed by atoms with E-state index in [0.717, 1.165) is 5.56 Å². The number of anilines is 1. The van der Waals surface area contributed by atoms with E-state index in [1.54, 1.807) is 36.4 Å². The van der Waals surface area contributed by atoms with E-state index in [0.29, 0.717) is 22.6 Å². The third-order valence-corrected chi connectivity index (χ3v) is 5.81. The summed E-state index contributed by atoms with van der Waals surface area (Å²) in [6, 6.07) is 11.4. The molecule has 1 atom stereocenters. The highest BCUT2D eigenvalue weighted by atomic mass is 32.2. The van der Waals surface area contributed by atoms with Crippen LogP contribution in [-0.4, -0.2) is 43.1 Å². The summed E-state index contributed by atoms with van der Waals surface area (Å²) in [5.74, 6) is -0.325. The number of hydrogen-bond donors (Lipinski definition) is 1. The second-order valence-corrected chi connectivity index (χ2v) is 8.44. The van der Waals surface area contributed by atoms with Gasteiger partial charge in [-0.3, -0.25) is 9.69 Å². The zero-order valence-corrected chi connectivity index (χ0v) is 18.1. The van der Waals surface area contributed by atoms with E-state index in [4.69, 9.17) is 4.74 Å². The molecule has 1 saturated heterocycles. The summed E-state index contributed by atoms with van der Waals surface area (Å²) in [5, 5.41) is 2.58. The maximum absolute atomic E-state index is 14.8. The van der Waals surface area contributed by atoms with Crippen LogP contribution in [0.15, 0.2) is 42.5 Å². The molecule has 10 heteroatoms. The molecule has 172 valence electrons. The van der Waals surface area contributed by atoms with E-state index in [2.05, 4.69) is 5.32 Å². The minimum Gasteiger partial charge on any atom is -0.442 e. The monoisotopic (exact) mass is 470 g/mol. The van der Waals surface area contributed by atoms with Gasteiger partial charge in [0.15, 0.2) is 0 Å². The molecule has 2 aromatic rings. The molecule has 1 aliphatic heterocycles. The molecule has 2 aromatic carbocycles. The van der Waals surface area contributed by atoms with Crippen LogP contribution < -0.4 is 10.2 Å². The first-order valence-electron chi connectivity index (χ1n) is 9.88. The molecule has 1 N–H and O–H groups in total. The number of hydrogen-bond acceptors (Lipinski definition) is 4. The molecule has 32 heavy (non-hydrogen) atoms. The second kappa shape index (κ2) is 10.2. The number of halogens is 4. The third-order valence-electron chi connectivity index (χ3n) is 4.78. The quantitative estimate of drug-likeness (QED) is 0.429. The van der Waals surface area contributed by atoms with Gasteiger partial charge in [-0.15, -0.1) is 0 Å². The first kappa shape index (κ1) is 23.9. The highest BCUT2D eigenvalue weighted by Crippen LogP contribution is 2.30. The fourth-order valence-corrected chi connectivity index (χ4v) is 4.11. The number of alkyl halides is 3. The van der Waals surface area contributed by atoms with Crippen LogP contribution in [-0.2, 0) is 15.3 Å². The van der Waals surface area contributed by atoms with E-state index in [1.807, 2.05) is 0 Å². The topological polar surface area (TPSA) is 58.6 Å². The normalized spacial score (nSPS) is 16.2. The first-order chi connectivity index (χ1) is 15.1. The minimum atomic E-state index is -4.15. The van der Waals surface area contributed by atoms with Gasteiger partial charge in [0.2, 0.25) is 5.91 Å². The molecule has 1 aliphatic rings. The van der Waals surface area contributed by atoms with Crippen molar-refractivity contribution in [1.29, 1.82) is 0 Å². The summed E-state index contributed by atoms with van der Waals surface area (Å²) in [7, 11) is 0. The van der Waals surface area contributed by atoms with Gasteiger partial charge < -0.3 is 10.1 Å². The van der Waals surface area contributed by atoms with Gasteiger partial charge in [-0.05, 0) is 29.3 Å². The number of rotatable bonds is 8. The van der Waals surface area contributed by atoms with Gasteiger partial charge in [0.25, 0.3) is 0 Å². The van der Waals surface area contributed by atoms with E-state index >= 15 is 0 Å². The SMILES string of the molecule is CC(=O)NC[C@H]1CN(c2ccc(-c3ccc(CSCCC(F)(F)F)cc3)c(F)c2)C(=O)O1. The molecule has 0 unspecified atom stereocenters. The molecule has 3 rings (SSSR count). The minimum absolute atomic E-state index is 0.00799. The van der Waals surface area contributed by atoms with E-state index < -0.39 is 30.6 Å². The Balaban J connectivity index is 1.61. The maximum atomic E-state index is 14.8. The van der Waals surface area contributed by atoms with E-state index in [-0.39, 0.29) is 24.7 Å². The lowest BCUT2D eigenvalue weighted by Gasteiger charge is -2.15. The van der Waals surface area contributed by atoms with Crippen LogP contribution in [0.2, 0.25) is 0 Å². The highest BCUT2D eigenvalue weighted by molar-refractivity contribution is 7.98. The Labute approximate surface area is 187 Å². The number of amides is 2. The molecule has 5 nitrogen and oxygen atoms in total. The van der Waals surface area contributed by atoms with Crippen LogP contribution in [0.3, 0.4) is 0 Å². The van der Waals surface area contributed by atoms with Crippen LogP contribution in [0.4, 0.5) is 28.0 Å². The Morgan fingerprint density at radius 2 is 1.94 bits per heavy atom. The summed E-state index contributed by atoms with van der Waals surface area (Å²) in [6.07, 6.45) is -6.11. The summed E-state index contributed by atoms with van der Waals surface area (Å²) >= 11 is 1.19. The first-order valence-corrected chi connectivity index (χ1v) is 11.0. The van der Waals surface area contributed by atoms with Crippen molar-refractivity contribution in [1.82, 2.24) is 5.32 Å². The fourth-order valence-electron chi connectivity index (χ4n) is 3.16. The maximum Gasteiger partial charge on any atom is 0.414 e. The van der Waals surface area contributed by atoms with Crippen molar-refractivity contribution in [3.05, 3.63) is 53.8 Å². The third kappa shape index (κ3) is 6.62. The Bertz CT molecular complexity index is 967. The lowest BCUT2D eigenvalue weighted by Crippen LogP contribution is -2.33. The number of nitrogens with zero attached hydrogens (tertiary/aromatic N) is 1. The van der Waals surface area contributed by atoms with Crippen molar-refractivity contribution in [3.8, 4) is 11.1 Å². The zero-order valence-electron chi connectivity index (χ0n) is 17.2. The molecule has 0 spiro atoms. The number of carbonyl (C=O) groups is 2. The van der Waals surface area contributed by atoms with E-state index in [1.165, 1.54) is 29.7 Å². The predicted molar refractivity (Wildman–Crippen MR) is 115 cm³/mol. The molecular weight excluding hydrogens is 448 g/mol. The van der Waals surface area contributed by atoms with Gasteiger partial charge in [0.05, 0.1) is 25.2 Å².